The van der Waals surface area contributed by atoms with Crippen molar-refractivity contribution in [3.63, 3.8) is 0 Å². The summed E-state index contributed by atoms with van der Waals surface area (Å²) in [7, 11) is 0. The van der Waals surface area contributed by atoms with Crippen molar-refractivity contribution in [2.75, 3.05) is 5.75 Å². The number of aryl methyl sites for hydroxylation is 2. The van der Waals surface area contributed by atoms with Crippen LogP contribution in [0.3, 0.4) is 0 Å². The molecule has 160 valence electrons. The predicted molar refractivity (Wildman–Crippen MR) is 124 cm³/mol. The van der Waals surface area contributed by atoms with E-state index in [-0.39, 0.29) is 17.6 Å². The molecule has 2 amide bonds. The van der Waals surface area contributed by atoms with Crippen molar-refractivity contribution in [1.82, 2.24) is 25.8 Å². The van der Waals surface area contributed by atoms with Gasteiger partial charge in [0.05, 0.1) is 5.75 Å². The number of pyridine rings is 1. The lowest BCUT2D eigenvalue weighted by molar-refractivity contribution is -0.119. The number of benzene rings is 1. The van der Waals surface area contributed by atoms with Crippen LogP contribution >= 0.6 is 23.5 Å². The molecule has 0 aliphatic carbocycles. The number of hydrazine groups is 1. The van der Waals surface area contributed by atoms with E-state index in [0.717, 1.165) is 27.7 Å². The minimum absolute atomic E-state index is 0.242. The zero-order valence-corrected chi connectivity index (χ0v) is 18.9. The summed E-state index contributed by atoms with van der Waals surface area (Å²) in [6, 6.07) is 13.0. The van der Waals surface area contributed by atoms with E-state index in [0.29, 0.717) is 17.1 Å². The highest BCUT2D eigenvalue weighted by Gasteiger charge is 2.08. The molecule has 0 fully saturated rings. The van der Waals surface area contributed by atoms with Crippen LogP contribution in [0.1, 0.15) is 32.9 Å². The Hall–Kier alpha value is -2.91. The summed E-state index contributed by atoms with van der Waals surface area (Å²) >= 11 is 3.00. The van der Waals surface area contributed by atoms with Crippen molar-refractivity contribution in [2.24, 2.45) is 0 Å². The smallest absolute Gasteiger partial charge is 0.269 e. The number of amides is 2. The second-order valence-electron chi connectivity index (χ2n) is 6.78. The molecule has 0 aliphatic rings. The van der Waals surface area contributed by atoms with E-state index >= 15 is 0 Å². The van der Waals surface area contributed by atoms with Crippen molar-refractivity contribution < 1.29 is 9.59 Å². The zero-order chi connectivity index (χ0) is 22.1. The number of hydrogen-bond acceptors (Lipinski definition) is 7. The number of nitrogens with zero attached hydrogens (tertiary/aromatic N) is 3. The van der Waals surface area contributed by atoms with Gasteiger partial charge in [0.2, 0.25) is 5.91 Å². The van der Waals surface area contributed by atoms with Crippen LogP contribution in [0.5, 0.6) is 0 Å². The van der Waals surface area contributed by atoms with Crippen molar-refractivity contribution in [1.29, 1.82) is 0 Å². The third-order valence-corrected chi connectivity index (χ3v) is 6.01. The maximum atomic E-state index is 12.2. The highest BCUT2D eigenvalue weighted by atomic mass is 32.2. The quantitative estimate of drug-likeness (QED) is 0.306. The van der Waals surface area contributed by atoms with E-state index < -0.39 is 0 Å². The molecule has 0 unspecified atom stereocenters. The molecular formula is C22H23N5O2S2. The normalized spacial score (nSPS) is 10.5. The van der Waals surface area contributed by atoms with Crippen LogP contribution in [0, 0.1) is 13.8 Å². The first kappa shape index (κ1) is 22.8. The molecule has 2 aromatic heterocycles. The molecule has 3 aromatic rings. The molecule has 2 N–H and O–H groups in total. The topological polar surface area (TPSA) is 96.9 Å². The first-order chi connectivity index (χ1) is 15.0. The summed E-state index contributed by atoms with van der Waals surface area (Å²) in [6.45, 7) is 3.90. The lowest BCUT2D eigenvalue weighted by Crippen LogP contribution is -2.42. The Morgan fingerprint density at radius 3 is 2.35 bits per heavy atom. The maximum Gasteiger partial charge on any atom is 0.269 e. The summed E-state index contributed by atoms with van der Waals surface area (Å²) in [6.07, 6.45) is 3.48. The van der Waals surface area contributed by atoms with Crippen molar-refractivity contribution in [3.05, 3.63) is 82.9 Å². The van der Waals surface area contributed by atoms with Gasteiger partial charge in [-0.2, -0.15) is 0 Å². The van der Waals surface area contributed by atoms with E-state index in [2.05, 4.69) is 25.8 Å². The van der Waals surface area contributed by atoms with Crippen molar-refractivity contribution in [2.45, 2.75) is 30.5 Å². The summed E-state index contributed by atoms with van der Waals surface area (Å²) in [5.74, 6) is 1.01. The second-order valence-corrected chi connectivity index (χ2v) is 8.70. The maximum absolute atomic E-state index is 12.2. The molecule has 31 heavy (non-hydrogen) atoms. The van der Waals surface area contributed by atoms with Crippen molar-refractivity contribution >= 4 is 35.3 Å². The Bertz CT molecular complexity index is 1010. The van der Waals surface area contributed by atoms with Crippen molar-refractivity contribution in [3.8, 4) is 0 Å². The molecule has 0 atom stereocenters. The average molecular weight is 454 g/mol. The first-order valence-electron chi connectivity index (χ1n) is 9.59. The Morgan fingerprint density at radius 1 is 0.935 bits per heavy atom. The molecule has 7 nitrogen and oxygen atoms in total. The highest BCUT2D eigenvalue weighted by molar-refractivity contribution is 7.99. The highest BCUT2D eigenvalue weighted by Crippen LogP contribution is 2.20. The molecule has 0 bridgehead atoms. The van der Waals surface area contributed by atoms with E-state index in [1.54, 1.807) is 36.3 Å². The minimum Gasteiger partial charge on any atom is -0.272 e. The van der Waals surface area contributed by atoms with Crippen LogP contribution in [0.25, 0.3) is 0 Å². The number of rotatable bonds is 8. The minimum atomic E-state index is -0.359. The fourth-order valence-corrected chi connectivity index (χ4v) is 4.31. The summed E-state index contributed by atoms with van der Waals surface area (Å²) in [4.78, 5) is 37.0. The van der Waals surface area contributed by atoms with E-state index in [1.165, 1.54) is 11.8 Å². The predicted octanol–water partition coefficient (Wildman–Crippen LogP) is 3.48. The van der Waals surface area contributed by atoms with Crippen LogP contribution in [0.15, 0.2) is 60.0 Å². The van der Waals surface area contributed by atoms with Gasteiger partial charge in [0.25, 0.3) is 5.91 Å². The molecule has 0 radical (unpaired) electrons. The van der Waals surface area contributed by atoms with Crippen LogP contribution in [0.2, 0.25) is 0 Å². The standard InChI is InChI=1S/C22H23N5O2S2/c1-15-10-16(2)25-22(24-15)31-13-17-5-7-19(8-6-17)21(29)27-26-20(28)14-30-12-18-4-3-9-23-11-18/h3-11H,12-14H2,1-2H3,(H,26,28)(H,27,29). The van der Waals surface area contributed by atoms with E-state index in [4.69, 9.17) is 0 Å². The average Bonchev–Trinajstić information content (AvgIpc) is 2.76. The summed E-state index contributed by atoms with van der Waals surface area (Å²) in [5, 5.41) is 0.739. The third-order valence-electron chi connectivity index (χ3n) is 4.09. The van der Waals surface area contributed by atoms with Gasteiger partial charge in [-0.3, -0.25) is 25.4 Å². The van der Waals surface area contributed by atoms with E-state index in [1.807, 2.05) is 44.2 Å². The Kier molecular flexibility index (Phi) is 8.43. The molecule has 0 saturated carbocycles. The molecule has 9 heteroatoms. The monoisotopic (exact) mass is 453 g/mol. The molecule has 2 heterocycles. The fraction of sp³-hybridized carbons (Fsp3) is 0.227. The number of aromatic nitrogens is 3. The lowest BCUT2D eigenvalue weighted by atomic mass is 10.1. The number of hydrogen-bond donors (Lipinski definition) is 2. The van der Waals surface area contributed by atoms with Gasteiger partial charge >= 0.3 is 0 Å². The van der Waals surface area contributed by atoms with Crippen LogP contribution in [-0.4, -0.2) is 32.5 Å². The molecule has 0 spiro atoms. The first-order valence-corrected chi connectivity index (χ1v) is 11.7. The van der Waals surface area contributed by atoms with Gasteiger partial charge in [0, 0.05) is 40.9 Å². The summed E-state index contributed by atoms with van der Waals surface area (Å²) in [5.41, 5.74) is 9.35. The SMILES string of the molecule is Cc1cc(C)nc(SCc2ccc(C(=O)NNC(=O)CSCc3cccnc3)cc2)n1. The van der Waals surface area contributed by atoms with Crippen LogP contribution in [0.4, 0.5) is 0 Å². The van der Waals surface area contributed by atoms with Crippen LogP contribution in [-0.2, 0) is 16.3 Å². The largest absolute Gasteiger partial charge is 0.272 e. The number of carbonyl (C=O) groups is 2. The third kappa shape index (κ3) is 7.69. The molecule has 3 rings (SSSR count). The lowest BCUT2D eigenvalue weighted by Gasteiger charge is -2.08. The van der Waals surface area contributed by atoms with Gasteiger partial charge in [-0.1, -0.05) is 30.0 Å². The van der Waals surface area contributed by atoms with Gasteiger partial charge in [0.1, 0.15) is 0 Å². The zero-order valence-electron chi connectivity index (χ0n) is 17.3. The number of carbonyl (C=O) groups excluding carboxylic acids is 2. The van der Waals surface area contributed by atoms with Gasteiger partial charge < -0.3 is 0 Å². The van der Waals surface area contributed by atoms with Gasteiger partial charge in [-0.25, -0.2) is 9.97 Å². The van der Waals surface area contributed by atoms with Gasteiger partial charge in [-0.05, 0) is 49.2 Å². The molecule has 1 aromatic carbocycles. The second kappa shape index (κ2) is 11.5. The summed E-state index contributed by atoms with van der Waals surface area (Å²) < 4.78 is 0. The number of thioether (sulfide) groups is 2. The Balaban J connectivity index is 1.40. The Labute approximate surface area is 189 Å². The van der Waals surface area contributed by atoms with Crippen LogP contribution < -0.4 is 10.9 Å². The fourth-order valence-electron chi connectivity index (χ4n) is 2.64. The molecular weight excluding hydrogens is 430 g/mol. The van der Waals surface area contributed by atoms with Gasteiger partial charge in [0.15, 0.2) is 5.16 Å². The molecule has 0 saturated heterocycles. The van der Waals surface area contributed by atoms with E-state index in [9.17, 15) is 9.59 Å². The number of nitrogens with one attached hydrogen (secondary N) is 2. The molecule has 0 aliphatic heterocycles. The Morgan fingerprint density at radius 2 is 1.68 bits per heavy atom. The van der Waals surface area contributed by atoms with Gasteiger partial charge in [-0.15, -0.1) is 11.8 Å².